The van der Waals surface area contributed by atoms with Crippen LogP contribution in [0.2, 0.25) is 0 Å². The van der Waals surface area contributed by atoms with E-state index in [4.69, 9.17) is 9.84 Å². The molecule has 6 heteroatoms. The van der Waals surface area contributed by atoms with E-state index in [1.165, 1.54) is 12.3 Å². The van der Waals surface area contributed by atoms with Gasteiger partial charge in [0.2, 0.25) is 5.88 Å². The Kier molecular flexibility index (Phi) is 4.36. The minimum absolute atomic E-state index is 0.0124. The Bertz CT molecular complexity index is 698. The van der Waals surface area contributed by atoms with Crippen LogP contribution in [0.25, 0.3) is 0 Å². The molecule has 1 aromatic heterocycles. The summed E-state index contributed by atoms with van der Waals surface area (Å²) in [6, 6.07) is 10.1. The maximum absolute atomic E-state index is 11.7. The number of para-hydroxylation sites is 1. The number of aromatic nitrogens is 1. The SMILES string of the molecule is CS(=O)(=O)c1cccnc1Oc1ccccc1CCO. The average molecular weight is 293 g/mol. The molecule has 0 atom stereocenters. The molecular formula is C14H15NO4S. The summed E-state index contributed by atoms with van der Waals surface area (Å²) < 4.78 is 29.0. The van der Waals surface area contributed by atoms with Gasteiger partial charge in [0.15, 0.2) is 9.84 Å². The van der Waals surface area contributed by atoms with E-state index in [9.17, 15) is 8.42 Å². The van der Waals surface area contributed by atoms with Crippen molar-refractivity contribution >= 4 is 9.84 Å². The number of rotatable bonds is 5. The summed E-state index contributed by atoms with van der Waals surface area (Å²) >= 11 is 0. The predicted molar refractivity (Wildman–Crippen MR) is 74.7 cm³/mol. The highest BCUT2D eigenvalue weighted by molar-refractivity contribution is 7.90. The smallest absolute Gasteiger partial charge is 0.238 e. The van der Waals surface area contributed by atoms with Crippen LogP contribution < -0.4 is 4.74 Å². The molecule has 20 heavy (non-hydrogen) atoms. The molecule has 1 N–H and O–H groups in total. The van der Waals surface area contributed by atoms with Gasteiger partial charge < -0.3 is 9.84 Å². The van der Waals surface area contributed by atoms with Gasteiger partial charge in [-0.1, -0.05) is 18.2 Å². The Hall–Kier alpha value is -1.92. The number of benzene rings is 1. The van der Waals surface area contributed by atoms with Crippen LogP contribution in [0.5, 0.6) is 11.6 Å². The summed E-state index contributed by atoms with van der Waals surface area (Å²) in [5.74, 6) is 0.533. The quantitative estimate of drug-likeness (QED) is 0.910. The number of ether oxygens (including phenoxy) is 1. The van der Waals surface area contributed by atoms with Crippen molar-refractivity contribution in [1.29, 1.82) is 0 Å². The van der Waals surface area contributed by atoms with Crippen molar-refractivity contribution in [3.63, 3.8) is 0 Å². The number of nitrogens with zero attached hydrogens (tertiary/aromatic N) is 1. The molecule has 106 valence electrons. The third kappa shape index (κ3) is 3.34. The number of pyridine rings is 1. The zero-order valence-corrected chi connectivity index (χ0v) is 11.8. The zero-order valence-electron chi connectivity index (χ0n) is 11.0. The first-order chi connectivity index (χ1) is 9.52. The van der Waals surface area contributed by atoms with Crippen LogP contribution in [0.15, 0.2) is 47.5 Å². The molecule has 1 heterocycles. The minimum atomic E-state index is -3.42. The van der Waals surface area contributed by atoms with Crippen LogP contribution in [0.3, 0.4) is 0 Å². The highest BCUT2D eigenvalue weighted by atomic mass is 32.2. The Balaban J connectivity index is 2.41. The molecule has 0 bridgehead atoms. The maximum atomic E-state index is 11.7. The summed E-state index contributed by atoms with van der Waals surface area (Å²) in [5.41, 5.74) is 0.792. The number of aliphatic hydroxyl groups excluding tert-OH is 1. The van der Waals surface area contributed by atoms with Gasteiger partial charge in [-0.2, -0.15) is 0 Å². The molecule has 0 saturated heterocycles. The third-order valence-electron chi connectivity index (χ3n) is 2.70. The lowest BCUT2D eigenvalue weighted by atomic mass is 10.1. The first kappa shape index (κ1) is 14.5. The number of hydrogen-bond acceptors (Lipinski definition) is 5. The summed E-state index contributed by atoms with van der Waals surface area (Å²) in [7, 11) is -3.42. The van der Waals surface area contributed by atoms with E-state index in [1.807, 2.05) is 12.1 Å². The lowest BCUT2D eigenvalue weighted by molar-refractivity contribution is 0.297. The average Bonchev–Trinajstić information content (AvgIpc) is 2.41. The van der Waals surface area contributed by atoms with Gasteiger partial charge in [0.1, 0.15) is 10.6 Å². The second kappa shape index (κ2) is 6.02. The molecule has 1 aromatic carbocycles. The van der Waals surface area contributed by atoms with Gasteiger partial charge in [0, 0.05) is 19.1 Å². The normalized spacial score (nSPS) is 11.3. The van der Waals surface area contributed by atoms with Crippen molar-refractivity contribution in [2.45, 2.75) is 11.3 Å². The van der Waals surface area contributed by atoms with Gasteiger partial charge in [-0.05, 0) is 30.2 Å². The monoisotopic (exact) mass is 293 g/mol. The molecule has 0 aliphatic rings. The molecule has 0 aliphatic heterocycles. The maximum Gasteiger partial charge on any atom is 0.238 e. The van der Waals surface area contributed by atoms with Crippen LogP contribution >= 0.6 is 0 Å². The molecule has 5 nitrogen and oxygen atoms in total. The molecule has 0 unspecified atom stereocenters. The summed E-state index contributed by atoms with van der Waals surface area (Å²) in [4.78, 5) is 4.02. The minimum Gasteiger partial charge on any atom is -0.437 e. The van der Waals surface area contributed by atoms with Crippen molar-refractivity contribution in [2.75, 3.05) is 12.9 Å². The molecule has 0 aliphatic carbocycles. The Morgan fingerprint density at radius 1 is 1.20 bits per heavy atom. The fourth-order valence-electron chi connectivity index (χ4n) is 1.77. The zero-order chi connectivity index (χ0) is 14.6. The van der Waals surface area contributed by atoms with Crippen LogP contribution in [0.1, 0.15) is 5.56 Å². The van der Waals surface area contributed by atoms with E-state index in [0.29, 0.717) is 12.2 Å². The molecule has 0 saturated carbocycles. The van der Waals surface area contributed by atoms with Gasteiger partial charge in [0.05, 0.1) is 0 Å². The number of sulfone groups is 1. The summed E-state index contributed by atoms with van der Waals surface area (Å²) in [5, 5.41) is 9.03. The van der Waals surface area contributed by atoms with Crippen molar-refractivity contribution in [2.24, 2.45) is 0 Å². The van der Waals surface area contributed by atoms with Gasteiger partial charge in [-0.3, -0.25) is 0 Å². The van der Waals surface area contributed by atoms with E-state index in [0.717, 1.165) is 11.8 Å². The van der Waals surface area contributed by atoms with Gasteiger partial charge in [-0.15, -0.1) is 0 Å². The van der Waals surface area contributed by atoms with Crippen molar-refractivity contribution in [1.82, 2.24) is 4.98 Å². The van der Waals surface area contributed by atoms with Gasteiger partial charge in [0.25, 0.3) is 0 Å². The van der Waals surface area contributed by atoms with E-state index in [2.05, 4.69) is 4.98 Å². The van der Waals surface area contributed by atoms with Crippen molar-refractivity contribution < 1.29 is 18.3 Å². The van der Waals surface area contributed by atoms with Crippen molar-refractivity contribution in [3.05, 3.63) is 48.2 Å². The molecule has 0 fully saturated rings. The van der Waals surface area contributed by atoms with Gasteiger partial charge in [-0.25, -0.2) is 13.4 Å². The molecule has 2 rings (SSSR count). The van der Waals surface area contributed by atoms with E-state index in [1.54, 1.807) is 18.2 Å². The van der Waals surface area contributed by atoms with Crippen LogP contribution in [-0.2, 0) is 16.3 Å². The molecule has 2 aromatic rings. The standard InChI is InChI=1S/C14H15NO4S/c1-20(17,18)13-7-4-9-15-14(13)19-12-6-3-2-5-11(12)8-10-16/h2-7,9,16H,8,10H2,1H3. The third-order valence-corrected chi connectivity index (χ3v) is 3.81. The Labute approximate surface area is 117 Å². The van der Waals surface area contributed by atoms with Crippen molar-refractivity contribution in [3.8, 4) is 11.6 Å². The Morgan fingerprint density at radius 2 is 1.95 bits per heavy atom. The number of aliphatic hydroxyl groups is 1. The second-order valence-electron chi connectivity index (χ2n) is 4.26. The van der Waals surface area contributed by atoms with E-state index >= 15 is 0 Å². The molecule has 0 amide bonds. The lowest BCUT2D eigenvalue weighted by Gasteiger charge is -2.11. The van der Waals surface area contributed by atoms with Crippen LogP contribution in [0.4, 0.5) is 0 Å². The highest BCUT2D eigenvalue weighted by Gasteiger charge is 2.16. The second-order valence-corrected chi connectivity index (χ2v) is 6.25. The largest absolute Gasteiger partial charge is 0.437 e. The first-order valence-corrected chi connectivity index (χ1v) is 7.93. The van der Waals surface area contributed by atoms with Gasteiger partial charge >= 0.3 is 0 Å². The topological polar surface area (TPSA) is 76.5 Å². The first-order valence-electron chi connectivity index (χ1n) is 6.04. The van der Waals surface area contributed by atoms with Crippen LogP contribution in [-0.4, -0.2) is 31.4 Å². The fraction of sp³-hybridized carbons (Fsp3) is 0.214. The molecular weight excluding hydrogens is 278 g/mol. The Morgan fingerprint density at radius 3 is 2.65 bits per heavy atom. The molecule has 0 radical (unpaired) electrons. The van der Waals surface area contributed by atoms with Crippen LogP contribution in [0, 0.1) is 0 Å². The number of hydrogen-bond donors (Lipinski definition) is 1. The fourth-order valence-corrected chi connectivity index (χ4v) is 2.51. The highest BCUT2D eigenvalue weighted by Crippen LogP contribution is 2.28. The summed E-state index contributed by atoms with van der Waals surface area (Å²) in [6.45, 7) is -0.0124. The van der Waals surface area contributed by atoms with E-state index < -0.39 is 9.84 Å². The predicted octanol–water partition coefficient (Wildman–Crippen LogP) is 1.81. The van der Waals surface area contributed by atoms with E-state index in [-0.39, 0.29) is 17.4 Å². The molecule has 0 spiro atoms. The summed E-state index contributed by atoms with van der Waals surface area (Å²) in [6.07, 6.45) is 3.01. The lowest BCUT2D eigenvalue weighted by Crippen LogP contribution is -2.03.